The lowest BCUT2D eigenvalue weighted by Crippen LogP contribution is -2.03. The van der Waals surface area contributed by atoms with Gasteiger partial charge < -0.3 is 10.4 Å². The second-order valence-electron chi connectivity index (χ2n) is 4.32. The van der Waals surface area contributed by atoms with E-state index in [0.29, 0.717) is 6.42 Å². The fourth-order valence-electron chi connectivity index (χ4n) is 2.16. The fraction of sp³-hybridized carbons (Fsp3) is 0.143. The van der Waals surface area contributed by atoms with Gasteiger partial charge in [0.1, 0.15) is 6.10 Å². The van der Waals surface area contributed by atoms with Crippen molar-refractivity contribution in [3.63, 3.8) is 0 Å². The first-order valence-corrected chi connectivity index (χ1v) is 5.75. The molecule has 4 nitrogen and oxygen atoms in total. The number of hydrogen-bond acceptors (Lipinski definition) is 3. The number of rotatable bonds is 2. The number of pyridine rings is 1. The Morgan fingerprint density at radius 2 is 1.94 bits per heavy atom. The molecular weight excluding hydrogens is 228 g/mol. The van der Waals surface area contributed by atoms with E-state index in [1.165, 1.54) is 0 Å². The molecule has 1 amide bonds. The van der Waals surface area contributed by atoms with Crippen LogP contribution in [-0.4, -0.2) is 16.0 Å². The minimum atomic E-state index is -0.686. The summed E-state index contributed by atoms with van der Waals surface area (Å²) < 4.78 is 0. The van der Waals surface area contributed by atoms with Gasteiger partial charge in [0, 0.05) is 18.1 Å². The van der Waals surface area contributed by atoms with E-state index in [2.05, 4.69) is 10.3 Å². The number of hydrogen-bond donors (Lipinski definition) is 2. The lowest BCUT2D eigenvalue weighted by molar-refractivity contribution is -0.115. The van der Waals surface area contributed by atoms with Gasteiger partial charge in [0.15, 0.2) is 0 Å². The molecule has 18 heavy (non-hydrogen) atoms. The average molecular weight is 240 g/mol. The summed E-state index contributed by atoms with van der Waals surface area (Å²) in [5.74, 6) is 0.000510. The van der Waals surface area contributed by atoms with Gasteiger partial charge in [-0.3, -0.25) is 9.78 Å². The maximum Gasteiger partial charge on any atom is 0.228 e. The molecule has 0 radical (unpaired) electrons. The number of nitrogens with one attached hydrogen (secondary N) is 1. The molecule has 2 aromatic rings. The van der Waals surface area contributed by atoms with Crippen molar-refractivity contribution in [1.82, 2.24) is 4.98 Å². The molecule has 1 atom stereocenters. The number of benzene rings is 1. The lowest BCUT2D eigenvalue weighted by Gasteiger charge is -2.12. The molecule has 2 heterocycles. The van der Waals surface area contributed by atoms with Crippen LogP contribution in [0.3, 0.4) is 0 Å². The van der Waals surface area contributed by atoms with Crippen LogP contribution in [0.2, 0.25) is 0 Å². The number of carbonyl (C=O) groups excluding carboxylic acids is 1. The number of nitrogens with zero attached hydrogens (tertiary/aromatic N) is 1. The summed E-state index contributed by atoms with van der Waals surface area (Å²) in [6.45, 7) is 0. The summed E-state index contributed by atoms with van der Waals surface area (Å²) in [6, 6.07) is 9.09. The summed E-state index contributed by atoms with van der Waals surface area (Å²) in [7, 11) is 0. The number of carbonyl (C=O) groups is 1. The first-order valence-electron chi connectivity index (χ1n) is 5.75. The minimum Gasteiger partial charge on any atom is -0.384 e. The largest absolute Gasteiger partial charge is 0.384 e. The summed E-state index contributed by atoms with van der Waals surface area (Å²) >= 11 is 0. The Bertz CT molecular complexity index is 596. The zero-order chi connectivity index (χ0) is 12.5. The van der Waals surface area contributed by atoms with Crippen molar-refractivity contribution in [2.45, 2.75) is 12.5 Å². The van der Waals surface area contributed by atoms with Crippen LogP contribution in [0.25, 0.3) is 0 Å². The highest BCUT2D eigenvalue weighted by atomic mass is 16.3. The van der Waals surface area contributed by atoms with Crippen LogP contribution < -0.4 is 5.32 Å². The molecule has 0 saturated heterocycles. The molecule has 0 fully saturated rings. The first-order chi connectivity index (χ1) is 8.74. The SMILES string of the molecule is O=C1Cc2cc(C(O)c3ccncc3)ccc2N1. The van der Waals surface area contributed by atoms with E-state index in [4.69, 9.17) is 0 Å². The Labute approximate surface area is 104 Å². The highest BCUT2D eigenvalue weighted by molar-refractivity contribution is 5.99. The second-order valence-corrected chi connectivity index (χ2v) is 4.32. The van der Waals surface area contributed by atoms with Crippen molar-refractivity contribution in [3.8, 4) is 0 Å². The van der Waals surface area contributed by atoms with Gasteiger partial charge in [0.05, 0.1) is 6.42 Å². The van der Waals surface area contributed by atoms with Crippen LogP contribution in [0, 0.1) is 0 Å². The average Bonchev–Trinajstić information content (AvgIpc) is 2.78. The maximum absolute atomic E-state index is 11.3. The summed E-state index contributed by atoms with van der Waals surface area (Å²) in [5.41, 5.74) is 3.36. The van der Waals surface area contributed by atoms with E-state index in [1.807, 2.05) is 18.2 Å². The Morgan fingerprint density at radius 1 is 1.17 bits per heavy atom. The van der Waals surface area contributed by atoms with Gasteiger partial charge in [-0.2, -0.15) is 0 Å². The van der Waals surface area contributed by atoms with E-state index in [1.54, 1.807) is 24.5 Å². The normalized spacial score (nSPS) is 15.1. The molecule has 0 aliphatic carbocycles. The van der Waals surface area contributed by atoms with Crippen molar-refractivity contribution in [2.75, 3.05) is 5.32 Å². The molecule has 0 spiro atoms. The van der Waals surface area contributed by atoms with Gasteiger partial charge >= 0.3 is 0 Å². The smallest absolute Gasteiger partial charge is 0.228 e. The Balaban J connectivity index is 1.94. The Kier molecular flexibility index (Phi) is 2.57. The third-order valence-electron chi connectivity index (χ3n) is 3.09. The first kappa shape index (κ1) is 10.9. The predicted molar refractivity (Wildman–Crippen MR) is 67.1 cm³/mol. The van der Waals surface area contributed by atoms with Crippen molar-refractivity contribution >= 4 is 11.6 Å². The van der Waals surface area contributed by atoms with Crippen LogP contribution in [0.5, 0.6) is 0 Å². The predicted octanol–water partition coefficient (Wildman–Crippen LogP) is 1.66. The van der Waals surface area contributed by atoms with Gasteiger partial charge in [-0.25, -0.2) is 0 Å². The number of amides is 1. The van der Waals surface area contributed by atoms with Crippen molar-refractivity contribution < 1.29 is 9.90 Å². The lowest BCUT2D eigenvalue weighted by atomic mass is 9.99. The second kappa shape index (κ2) is 4.23. The number of aromatic nitrogens is 1. The molecule has 1 aliphatic rings. The maximum atomic E-state index is 11.3. The van der Waals surface area contributed by atoms with Crippen LogP contribution in [0.15, 0.2) is 42.7 Å². The third-order valence-corrected chi connectivity index (χ3v) is 3.09. The van der Waals surface area contributed by atoms with Crippen molar-refractivity contribution in [2.24, 2.45) is 0 Å². The third kappa shape index (κ3) is 1.87. The number of fused-ring (bicyclic) bond motifs is 1. The van der Waals surface area contributed by atoms with Crippen LogP contribution in [0.4, 0.5) is 5.69 Å². The molecule has 1 aliphatic heterocycles. The molecule has 90 valence electrons. The van der Waals surface area contributed by atoms with Gasteiger partial charge in [0.2, 0.25) is 5.91 Å². The molecule has 3 rings (SSSR count). The summed E-state index contributed by atoms with van der Waals surface area (Å²) in [4.78, 5) is 15.2. The highest BCUT2D eigenvalue weighted by Crippen LogP contribution is 2.28. The molecule has 4 heteroatoms. The number of aliphatic hydroxyl groups is 1. The van der Waals surface area contributed by atoms with Crippen LogP contribution in [-0.2, 0) is 11.2 Å². The quantitative estimate of drug-likeness (QED) is 0.839. The van der Waals surface area contributed by atoms with E-state index in [9.17, 15) is 9.90 Å². The molecule has 0 saturated carbocycles. The monoisotopic (exact) mass is 240 g/mol. The van der Waals surface area contributed by atoms with Crippen molar-refractivity contribution in [3.05, 3.63) is 59.4 Å². The molecule has 1 aromatic heterocycles. The highest BCUT2D eigenvalue weighted by Gasteiger charge is 2.19. The van der Waals surface area contributed by atoms with E-state index in [-0.39, 0.29) is 5.91 Å². The Hall–Kier alpha value is -2.20. The van der Waals surface area contributed by atoms with E-state index < -0.39 is 6.10 Å². The van der Waals surface area contributed by atoms with Gasteiger partial charge in [-0.15, -0.1) is 0 Å². The molecular formula is C14H12N2O2. The van der Waals surface area contributed by atoms with Crippen LogP contribution >= 0.6 is 0 Å². The molecule has 1 aromatic carbocycles. The number of anilines is 1. The molecule has 2 N–H and O–H groups in total. The Morgan fingerprint density at radius 3 is 2.72 bits per heavy atom. The summed E-state index contributed by atoms with van der Waals surface area (Å²) in [6.07, 6.45) is 2.99. The number of aliphatic hydroxyl groups excluding tert-OH is 1. The summed E-state index contributed by atoms with van der Waals surface area (Å²) in [5, 5.41) is 13.0. The van der Waals surface area contributed by atoms with Gasteiger partial charge in [-0.05, 0) is 34.9 Å². The van der Waals surface area contributed by atoms with Gasteiger partial charge in [-0.1, -0.05) is 12.1 Å². The standard InChI is InChI=1S/C14H12N2O2/c17-13-8-11-7-10(1-2-12(11)16-13)14(18)9-3-5-15-6-4-9/h1-7,14,18H,8H2,(H,16,17). The topological polar surface area (TPSA) is 62.2 Å². The van der Waals surface area contributed by atoms with Crippen LogP contribution in [0.1, 0.15) is 22.8 Å². The molecule has 1 unspecified atom stereocenters. The fourth-order valence-corrected chi connectivity index (χ4v) is 2.16. The van der Waals surface area contributed by atoms with E-state index in [0.717, 1.165) is 22.4 Å². The van der Waals surface area contributed by atoms with Gasteiger partial charge in [0.25, 0.3) is 0 Å². The van der Waals surface area contributed by atoms with E-state index >= 15 is 0 Å². The zero-order valence-electron chi connectivity index (χ0n) is 9.63. The zero-order valence-corrected chi connectivity index (χ0v) is 9.63. The van der Waals surface area contributed by atoms with Crippen molar-refractivity contribution in [1.29, 1.82) is 0 Å². The minimum absolute atomic E-state index is 0.000510. The molecule has 0 bridgehead atoms.